The molecule has 0 fully saturated rings. The lowest BCUT2D eigenvalue weighted by Crippen LogP contribution is -2.28. The number of hydrogen-bond acceptors (Lipinski definition) is 28. The van der Waals surface area contributed by atoms with Gasteiger partial charge in [-0.2, -0.15) is 19.9 Å². The zero-order valence-corrected chi connectivity index (χ0v) is 81.1. The van der Waals surface area contributed by atoms with Crippen LogP contribution < -0.4 is 44.1 Å². The van der Waals surface area contributed by atoms with E-state index >= 15 is 0 Å². The Morgan fingerprint density at radius 3 is 1.41 bits per heavy atom. The summed E-state index contributed by atoms with van der Waals surface area (Å²) in [5, 5.41) is 31.5. The minimum Gasteiger partial charge on any atom is -0.475 e. The van der Waals surface area contributed by atoms with Gasteiger partial charge in [-0.1, -0.05) is 112 Å². The third-order valence-corrected chi connectivity index (χ3v) is 25.1. The van der Waals surface area contributed by atoms with Gasteiger partial charge in [0.25, 0.3) is 16.7 Å². The highest BCUT2D eigenvalue weighted by Gasteiger charge is 2.25. The number of halogens is 6. The summed E-state index contributed by atoms with van der Waals surface area (Å²) in [5.41, 5.74) is 24.2. The molecule has 0 radical (unpaired) electrons. The predicted octanol–water partition coefficient (Wildman–Crippen LogP) is 16.6. The van der Waals surface area contributed by atoms with Gasteiger partial charge >= 0.3 is 7.12 Å². The smallest absolute Gasteiger partial charge is 0.475 e. The van der Waals surface area contributed by atoms with Crippen molar-refractivity contribution in [1.82, 2.24) is 117 Å². The molecule has 0 unspecified atom stereocenters. The van der Waals surface area contributed by atoms with Crippen LogP contribution in [0.5, 0.6) is 5.88 Å². The number of thiophene rings is 4. The van der Waals surface area contributed by atoms with Gasteiger partial charge in [-0.15, -0.1) is 45.3 Å². The molecule has 4 aromatic carbocycles. The molecule has 133 heavy (non-hydrogen) atoms. The van der Waals surface area contributed by atoms with Gasteiger partial charge in [0.2, 0.25) is 39.5 Å². The molecule has 0 aliphatic carbocycles. The van der Waals surface area contributed by atoms with Crippen molar-refractivity contribution in [3.8, 4) is 40.0 Å². The Morgan fingerprint density at radius 2 is 0.887 bits per heavy atom. The number of alkyl halides is 1. The number of benzene rings is 4. The van der Waals surface area contributed by atoms with E-state index in [0.717, 1.165) is 47.6 Å². The van der Waals surface area contributed by atoms with Crippen LogP contribution in [0.25, 0.3) is 141 Å². The van der Waals surface area contributed by atoms with Crippen molar-refractivity contribution < 1.29 is 29.2 Å². The number of amides is 3. The maximum Gasteiger partial charge on any atom is 0.489 e. The maximum atomic E-state index is 13.1. The van der Waals surface area contributed by atoms with Crippen LogP contribution in [0, 0.1) is 0 Å². The molecule has 36 nitrogen and oxygen atoms in total. The summed E-state index contributed by atoms with van der Waals surface area (Å²) >= 11 is 37.9. The quantitative estimate of drug-likeness (QED) is 0.0171. The van der Waals surface area contributed by atoms with Gasteiger partial charge in [0.05, 0.1) is 51.0 Å². The van der Waals surface area contributed by atoms with E-state index in [0.29, 0.717) is 113 Å². The molecule has 11 N–H and O–H groups in total. The van der Waals surface area contributed by atoms with Gasteiger partial charge in [-0.05, 0) is 139 Å². The summed E-state index contributed by atoms with van der Waals surface area (Å²) in [4.78, 5) is 140. The van der Waals surface area contributed by atoms with Crippen molar-refractivity contribution in [2.75, 3.05) is 11.9 Å². The summed E-state index contributed by atoms with van der Waals surface area (Å²) in [5.74, 6) is 0.938. The topological polar surface area (TPSA) is 500 Å². The van der Waals surface area contributed by atoms with E-state index in [1.165, 1.54) is 31.6 Å². The number of nitrogens with two attached hydrogens (primary N) is 3. The van der Waals surface area contributed by atoms with Crippen LogP contribution in [-0.4, -0.2) is 164 Å². The fourth-order valence-electron chi connectivity index (χ4n) is 13.2. The lowest BCUT2D eigenvalue weighted by atomic mass is 9.80. The van der Waals surface area contributed by atoms with Crippen LogP contribution in [0.15, 0.2) is 171 Å². The zero-order chi connectivity index (χ0) is 95.3. The number of hydrogen-bond donors (Lipinski definition) is 8. The number of nitrogens with one attached hydrogen (secondary N) is 3. The molecule has 0 atom stereocenters. The molecule has 0 bridgehead atoms. The predicted molar refractivity (Wildman–Crippen MR) is 532 cm³/mol. The molecule has 16 aromatic heterocycles. The minimum absolute atomic E-state index is 0.0626. The van der Waals surface area contributed by atoms with Crippen LogP contribution in [0.2, 0.25) is 26.2 Å². The summed E-state index contributed by atoms with van der Waals surface area (Å²) in [7, 11) is -1.36. The largest absolute Gasteiger partial charge is 0.489 e. The van der Waals surface area contributed by atoms with Gasteiger partial charge in [0.15, 0.2) is 72.1 Å². The molecule has 0 aliphatic rings. The normalized spacial score (nSPS) is 11.3. The van der Waals surface area contributed by atoms with E-state index in [1.807, 2.05) is 163 Å². The van der Waals surface area contributed by atoms with Crippen molar-refractivity contribution in [2.45, 2.75) is 125 Å². The molecular formula is C86H84BBrCl5N27O9S4. The van der Waals surface area contributed by atoms with Crippen LogP contribution in [0.1, 0.15) is 119 Å². The lowest BCUT2D eigenvalue weighted by molar-refractivity contribution is -0.119. The lowest BCUT2D eigenvalue weighted by Gasteiger charge is -2.13. The zero-order valence-electron chi connectivity index (χ0n) is 72.5. The first kappa shape index (κ1) is 98.1. The second kappa shape index (κ2) is 43.9. The first-order chi connectivity index (χ1) is 63.7. The number of carbonyl (C=O) groups is 3. The van der Waals surface area contributed by atoms with Crippen molar-refractivity contribution in [3.05, 3.63) is 214 Å². The first-order valence-corrected chi connectivity index (χ1v) is 47.4. The number of aromatic nitrogens is 24. The number of H-pyrrole nitrogens is 3. The highest BCUT2D eigenvalue weighted by Crippen LogP contribution is 2.38. The van der Waals surface area contributed by atoms with E-state index in [1.54, 1.807) is 75.6 Å². The molecule has 0 spiro atoms. The number of ether oxygens (including phenoxy) is 1. The second-order valence-corrected chi connectivity index (χ2v) is 36.6. The van der Waals surface area contributed by atoms with Crippen LogP contribution in [0.3, 0.4) is 0 Å². The fourth-order valence-corrected chi connectivity index (χ4v) is 18.4. The first-order valence-electron chi connectivity index (χ1n) is 40.8. The van der Waals surface area contributed by atoms with Crippen LogP contribution in [-0.2, 0) is 20.9 Å². The van der Waals surface area contributed by atoms with Gasteiger partial charge in [0.1, 0.15) is 22.7 Å². The maximum absolute atomic E-state index is 13.1. The summed E-state index contributed by atoms with van der Waals surface area (Å²) in [6.07, 6.45) is 10.4. The highest BCUT2D eigenvalue weighted by atomic mass is 79.9. The standard InChI is InChI=1S/2C19H19N5O2S.C16H14N4OS.C8H7BO2S.C8H8Cl2N4.C8H9ClN4O.C5H2Cl2N4.C3H6BrNO/c1-11(2)24-10-21-16-18(24)22-17(23-19(16)26-8-7-15(20)25)13-9-27-14-6-4-3-5-12(13)14;1-11(2)24-10-21-16-18(24)22-17(23(19(16)26)8-7-15(20)25)13-9-27-14-6-4-3-5-12(13)14;1-9(2)20-8-17-13-15(20)18-14(19-16(13)21)11-7-22-12-6-4-3-5-10(11)12;10-9(11)7-5-12-8-4-2-1-3-6(7)8;1-4(2)14-3-11-5-6(9)12-8(10)13-7(5)14;1-4(2)13-3-10-5-6(13)11-8(9)12-7(5)14;6-3-2-4(9-1-8-2)11-5(7)10-3;4-2-1-3(5)6/h2*3-6,9-11H,7-8H2,1-2H3,(H2,20,25);3-9H,1-2H3,(H,18,19,21);1-5,10-11H;3-4H,1-2H3;3-4H,1-2H3,(H,11,12,14);1H,(H,8,9,10,11);1-2H2,(H2,5,6). The summed E-state index contributed by atoms with van der Waals surface area (Å²) in [6, 6.07) is 32.9. The fraction of sp³-hybridized carbons (Fsp3) is 0.244. The highest BCUT2D eigenvalue weighted by molar-refractivity contribution is 9.09. The number of nitrogens with zero attached hydrogens (tertiary/aromatic N) is 21. The Balaban J connectivity index is 0.000000133. The molecule has 20 rings (SSSR count). The SMILES string of the molecule is CC(C)n1cnc2c(=O)[nH]c(-c3csc4ccccc34)nc21.CC(C)n1cnc2c(=O)[nH]c(Cl)nc21.CC(C)n1cnc2c(=O)n(CCC(N)=O)c(-c3csc4ccccc34)nc21.CC(C)n1cnc2c(Cl)nc(Cl)nc21.CC(C)n1cnc2c(OCCC(N)=O)nc(-c3csc4ccccc34)nc21.Clc1nc(Cl)c2[nH]cnc2n1.NC(=O)CCBr.OB(O)c1csc2ccccc12. The minimum atomic E-state index is -1.36. The van der Waals surface area contributed by atoms with Crippen molar-refractivity contribution in [2.24, 2.45) is 17.2 Å². The van der Waals surface area contributed by atoms with E-state index < -0.39 is 18.9 Å². The number of imidazole rings is 6. The molecule has 3 amide bonds. The van der Waals surface area contributed by atoms with Crippen molar-refractivity contribution in [3.63, 3.8) is 0 Å². The molecule has 16 heterocycles. The Kier molecular flexibility index (Phi) is 32.4. The Morgan fingerprint density at radius 1 is 0.459 bits per heavy atom. The number of fused-ring (bicyclic) bond motifs is 10. The van der Waals surface area contributed by atoms with E-state index in [2.05, 4.69) is 133 Å². The molecule has 20 aromatic rings. The van der Waals surface area contributed by atoms with Crippen molar-refractivity contribution >= 4 is 257 Å². The summed E-state index contributed by atoms with van der Waals surface area (Å²) < 4.78 is 21.3. The molecule has 0 aliphatic heterocycles. The third kappa shape index (κ3) is 22.9. The number of carbonyl (C=O) groups excluding carboxylic acids is 3. The number of rotatable bonds is 18. The van der Waals surface area contributed by atoms with E-state index in [9.17, 15) is 28.8 Å². The number of aromatic amines is 3. The summed E-state index contributed by atoms with van der Waals surface area (Å²) in [6.45, 7) is 20.6. The molecule has 0 saturated heterocycles. The van der Waals surface area contributed by atoms with Crippen molar-refractivity contribution in [1.29, 1.82) is 0 Å². The second-order valence-electron chi connectivity index (χ2n) is 30.5. The molecule has 686 valence electrons. The molecular weight excluding hydrogens is 1950 g/mol. The van der Waals surface area contributed by atoms with Gasteiger partial charge < -0.3 is 64.8 Å². The Hall–Kier alpha value is -12.5. The Bertz CT molecular complexity index is 7790. The molecule has 47 heteroatoms. The van der Waals surface area contributed by atoms with Gasteiger partial charge in [-0.25, -0.2) is 54.8 Å². The molecule has 0 saturated carbocycles. The van der Waals surface area contributed by atoms with Gasteiger partial charge in [0, 0.05) is 128 Å². The van der Waals surface area contributed by atoms with Gasteiger partial charge in [-0.3, -0.25) is 38.3 Å². The monoisotopic (exact) mass is 2030 g/mol. The van der Waals surface area contributed by atoms with Crippen LogP contribution >= 0.6 is 119 Å². The van der Waals surface area contributed by atoms with E-state index in [4.69, 9.17) is 100.0 Å². The number of primary amides is 3. The third-order valence-electron chi connectivity index (χ3n) is 19.7. The Labute approximate surface area is 805 Å². The average molecular weight is 2040 g/mol. The van der Waals surface area contributed by atoms with Crippen LogP contribution in [0.4, 0.5) is 0 Å². The average Bonchev–Trinajstić information content (AvgIpc) is 1.59. The van der Waals surface area contributed by atoms with E-state index in [-0.39, 0.29) is 99.8 Å².